The lowest BCUT2D eigenvalue weighted by Crippen LogP contribution is -2.24. The van der Waals surface area contributed by atoms with Crippen LogP contribution in [0.2, 0.25) is 0 Å². The van der Waals surface area contributed by atoms with E-state index in [2.05, 4.69) is 113 Å². The number of hydrogen-bond acceptors (Lipinski definition) is 7. The highest BCUT2D eigenvalue weighted by Crippen LogP contribution is 2.21. The predicted octanol–water partition coefficient (Wildman–Crippen LogP) is 27.1. The Bertz CT molecular complexity index is 1570. The molecule has 7 heteroatoms. The van der Waals surface area contributed by atoms with Gasteiger partial charge in [-0.1, -0.05) is 370 Å². The van der Waals surface area contributed by atoms with E-state index < -0.39 is 12.6 Å². The van der Waals surface area contributed by atoms with Gasteiger partial charge in [0.05, 0.1) is 13.2 Å². The maximum Gasteiger partial charge on any atom is 0.180 e. The molecular formula is C84H150O7. The molecule has 2 rings (SSSR count). The minimum absolute atomic E-state index is 0.0197. The molecule has 0 aliphatic rings. The molecule has 0 aliphatic heterocycles. The van der Waals surface area contributed by atoms with Gasteiger partial charge in [-0.3, -0.25) is 0 Å². The Morgan fingerprint density at radius 1 is 0.253 bits per heavy atom. The number of ether oxygens (including phenoxy) is 7. The van der Waals surface area contributed by atoms with Crippen LogP contribution in [0.15, 0.2) is 85.0 Å². The summed E-state index contributed by atoms with van der Waals surface area (Å²) in [6.07, 6.45) is 77.5. The van der Waals surface area contributed by atoms with E-state index in [1.54, 1.807) is 0 Å². The van der Waals surface area contributed by atoms with Crippen LogP contribution in [0.25, 0.3) is 0 Å². The van der Waals surface area contributed by atoms with Crippen molar-refractivity contribution in [3.8, 4) is 0 Å². The predicted molar refractivity (Wildman–Crippen MR) is 393 cm³/mol. The second-order valence-electron chi connectivity index (χ2n) is 27.1. The number of rotatable bonds is 74. The third kappa shape index (κ3) is 59.8. The Hall–Kier alpha value is -2.36. The SMILES string of the molecule is CCCCCCCCCCOC(CCCCCCCCCCCC=CC(OCc1ccccc1)OC(C=CCCCCCCCCCCCC(OCCCCCCCCCC)OCCCCCCCCCC)OCc1ccccc1)OCCCCCCCCCC. The second kappa shape index (κ2) is 70.4. The topological polar surface area (TPSA) is 64.6 Å². The van der Waals surface area contributed by atoms with Crippen molar-refractivity contribution in [2.45, 2.75) is 413 Å². The third-order valence-corrected chi connectivity index (χ3v) is 18.2. The van der Waals surface area contributed by atoms with Crippen molar-refractivity contribution in [2.75, 3.05) is 26.4 Å². The maximum atomic E-state index is 6.64. The first-order valence-electron chi connectivity index (χ1n) is 39.9. The Labute approximate surface area is 565 Å². The molecule has 91 heavy (non-hydrogen) atoms. The monoisotopic (exact) mass is 1270 g/mol. The van der Waals surface area contributed by atoms with Crippen molar-refractivity contribution < 1.29 is 33.2 Å². The molecule has 0 spiro atoms. The lowest BCUT2D eigenvalue weighted by Gasteiger charge is -2.22. The summed E-state index contributed by atoms with van der Waals surface area (Å²) in [5.41, 5.74) is 2.27. The summed E-state index contributed by atoms with van der Waals surface area (Å²) in [6, 6.07) is 20.8. The molecule has 528 valence electrons. The van der Waals surface area contributed by atoms with Crippen molar-refractivity contribution >= 4 is 0 Å². The first-order chi connectivity index (χ1) is 45.2. The Morgan fingerprint density at radius 2 is 0.484 bits per heavy atom. The van der Waals surface area contributed by atoms with Crippen LogP contribution in [0, 0.1) is 0 Å². The molecule has 2 aromatic carbocycles. The van der Waals surface area contributed by atoms with Crippen LogP contribution in [0.4, 0.5) is 0 Å². The van der Waals surface area contributed by atoms with E-state index in [4.69, 9.17) is 33.2 Å². The Kier molecular flexibility index (Phi) is 65.6. The first-order valence-corrected chi connectivity index (χ1v) is 39.9. The molecule has 0 aliphatic carbocycles. The van der Waals surface area contributed by atoms with Crippen LogP contribution >= 0.6 is 0 Å². The summed E-state index contributed by atoms with van der Waals surface area (Å²) in [5, 5.41) is 0. The van der Waals surface area contributed by atoms with Crippen LogP contribution < -0.4 is 0 Å². The van der Waals surface area contributed by atoms with Crippen LogP contribution in [0.1, 0.15) is 386 Å². The molecule has 7 nitrogen and oxygen atoms in total. The fourth-order valence-corrected chi connectivity index (χ4v) is 12.2. The van der Waals surface area contributed by atoms with Gasteiger partial charge in [-0.15, -0.1) is 0 Å². The largest absolute Gasteiger partial charge is 0.353 e. The van der Waals surface area contributed by atoms with E-state index in [1.165, 1.54) is 321 Å². The highest BCUT2D eigenvalue weighted by molar-refractivity contribution is 5.14. The molecule has 0 bridgehead atoms. The summed E-state index contributed by atoms with van der Waals surface area (Å²) in [6.45, 7) is 13.5. The van der Waals surface area contributed by atoms with Gasteiger partial charge in [0, 0.05) is 26.4 Å². The third-order valence-electron chi connectivity index (χ3n) is 18.2. The molecule has 0 amide bonds. The quantitative estimate of drug-likeness (QED) is 0.0371. The minimum atomic E-state index is -0.513. The van der Waals surface area contributed by atoms with Crippen LogP contribution in [-0.2, 0) is 46.4 Å². The van der Waals surface area contributed by atoms with E-state index in [-0.39, 0.29) is 12.6 Å². The Balaban J connectivity index is 1.73. The molecule has 0 saturated carbocycles. The molecule has 0 radical (unpaired) electrons. The van der Waals surface area contributed by atoms with Crippen molar-refractivity contribution in [1.82, 2.24) is 0 Å². The summed E-state index contributed by atoms with van der Waals surface area (Å²) in [4.78, 5) is 0. The maximum absolute atomic E-state index is 6.64. The van der Waals surface area contributed by atoms with Crippen molar-refractivity contribution in [1.29, 1.82) is 0 Å². The average molecular weight is 1270 g/mol. The second-order valence-corrected chi connectivity index (χ2v) is 27.1. The normalized spacial score (nSPS) is 12.7. The van der Waals surface area contributed by atoms with Gasteiger partial charge >= 0.3 is 0 Å². The summed E-state index contributed by atoms with van der Waals surface area (Å²) in [7, 11) is 0. The van der Waals surface area contributed by atoms with Gasteiger partial charge in [-0.2, -0.15) is 0 Å². The molecule has 0 fully saturated rings. The summed E-state index contributed by atoms with van der Waals surface area (Å²) >= 11 is 0. The molecular weight excluding hydrogens is 1120 g/mol. The first kappa shape index (κ1) is 84.7. The van der Waals surface area contributed by atoms with Crippen molar-refractivity contribution in [2.24, 2.45) is 0 Å². The molecule has 0 heterocycles. The summed E-state index contributed by atoms with van der Waals surface area (Å²) < 4.78 is 45.0. The van der Waals surface area contributed by atoms with E-state index in [0.717, 1.165) is 63.2 Å². The molecule has 0 N–H and O–H groups in total. The van der Waals surface area contributed by atoms with Gasteiger partial charge < -0.3 is 33.2 Å². The number of hydrogen-bond donors (Lipinski definition) is 0. The smallest absolute Gasteiger partial charge is 0.180 e. The molecule has 2 aromatic rings. The lowest BCUT2D eigenvalue weighted by molar-refractivity contribution is -0.215. The highest BCUT2D eigenvalue weighted by Gasteiger charge is 2.16. The zero-order valence-electron chi connectivity index (χ0n) is 60.7. The van der Waals surface area contributed by atoms with Crippen molar-refractivity contribution in [3.63, 3.8) is 0 Å². The summed E-state index contributed by atoms with van der Waals surface area (Å²) in [5.74, 6) is 0. The van der Waals surface area contributed by atoms with Crippen LogP contribution in [0.5, 0.6) is 0 Å². The molecule has 0 aromatic heterocycles. The lowest BCUT2D eigenvalue weighted by atomic mass is 10.1. The van der Waals surface area contributed by atoms with Gasteiger partial charge in [0.2, 0.25) is 0 Å². The van der Waals surface area contributed by atoms with Gasteiger partial charge in [-0.25, -0.2) is 0 Å². The molecule has 2 unspecified atom stereocenters. The van der Waals surface area contributed by atoms with E-state index in [9.17, 15) is 0 Å². The fraction of sp³-hybridized carbons (Fsp3) is 0.810. The fourth-order valence-electron chi connectivity index (χ4n) is 12.2. The van der Waals surface area contributed by atoms with E-state index >= 15 is 0 Å². The standard InChI is InChI=1S/C84H150O7/c1-5-9-13-17-21-39-47-61-73-85-81(86-74-62-48-40-22-18-14-10-6-2)69-57-43-35-31-27-25-29-33-37-45-59-71-83(89-77-79-65-53-51-54-66-79)91-84(90-78-80-67-55-52-56-68-80)72-60-46-38-34-30-26-28-32-36-44-58-70-82(87-75-63-49-41-23-19-15-11-7-3)88-76-64-50-42-24-20-16-12-8-4/h51-56,59-60,65-68,71-72,81-84H,5-50,57-58,61-64,69-70,73-78H2,1-4H3. The van der Waals surface area contributed by atoms with Gasteiger partial charge in [0.15, 0.2) is 25.2 Å². The van der Waals surface area contributed by atoms with Crippen LogP contribution in [0.3, 0.4) is 0 Å². The zero-order valence-corrected chi connectivity index (χ0v) is 60.7. The number of allylic oxidation sites excluding steroid dienone is 2. The van der Waals surface area contributed by atoms with Crippen molar-refractivity contribution in [3.05, 3.63) is 96.1 Å². The molecule has 0 saturated heterocycles. The van der Waals surface area contributed by atoms with E-state index in [1.807, 2.05) is 0 Å². The average Bonchev–Trinajstić information content (AvgIpc) is 3.78. The van der Waals surface area contributed by atoms with Gasteiger partial charge in [-0.05, 0) is 100 Å². The van der Waals surface area contributed by atoms with E-state index in [0.29, 0.717) is 13.2 Å². The Morgan fingerprint density at radius 3 is 0.747 bits per heavy atom. The number of unbranched alkanes of at least 4 members (excludes halogenated alkanes) is 46. The zero-order chi connectivity index (χ0) is 64.7. The van der Waals surface area contributed by atoms with Crippen LogP contribution in [-0.4, -0.2) is 51.6 Å². The highest BCUT2D eigenvalue weighted by atomic mass is 16.8. The molecule has 2 atom stereocenters. The number of benzene rings is 2. The van der Waals surface area contributed by atoms with Gasteiger partial charge in [0.1, 0.15) is 0 Å². The van der Waals surface area contributed by atoms with Gasteiger partial charge in [0.25, 0.3) is 0 Å². The minimum Gasteiger partial charge on any atom is -0.353 e.